The van der Waals surface area contributed by atoms with Gasteiger partial charge in [-0.1, -0.05) is 25.0 Å². The number of ether oxygens (including phenoxy) is 1. The van der Waals surface area contributed by atoms with Gasteiger partial charge in [-0.3, -0.25) is 4.79 Å². The van der Waals surface area contributed by atoms with Gasteiger partial charge in [0.25, 0.3) is 0 Å². The minimum atomic E-state index is -0.00884. The number of methoxy groups -OCH3 is 1. The molecule has 0 radical (unpaired) electrons. The van der Waals surface area contributed by atoms with Crippen LogP contribution in [0.15, 0.2) is 24.3 Å². The van der Waals surface area contributed by atoms with Crippen molar-refractivity contribution in [3.05, 3.63) is 29.8 Å². The average Bonchev–Trinajstić information content (AvgIpc) is 3.29. The molecule has 8 heteroatoms. The van der Waals surface area contributed by atoms with E-state index in [1.165, 1.54) is 12.8 Å². The summed E-state index contributed by atoms with van der Waals surface area (Å²) in [5, 5.41) is 9.75. The first kappa shape index (κ1) is 22.3. The van der Waals surface area contributed by atoms with Crippen LogP contribution in [-0.2, 0) is 11.3 Å². The molecule has 31 heavy (non-hydrogen) atoms. The highest BCUT2D eigenvalue weighted by Crippen LogP contribution is 2.39. The highest BCUT2D eigenvalue weighted by Gasteiger charge is 2.45. The Morgan fingerprint density at radius 3 is 2.97 bits per heavy atom. The van der Waals surface area contributed by atoms with Gasteiger partial charge in [-0.05, 0) is 49.9 Å². The van der Waals surface area contributed by atoms with E-state index in [1.54, 1.807) is 18.9 Å². The van der Waals surface area contributed by atoms with Crippen LogP contribution in [0.3, 0.4) is 0 Å². The second-order valence-electron chi connectivity index (χ2n) is 8.77. The van der Waals surface area contributed by atoms with Crippen LogP contribution in [0, 0.1) is 5.92 Å². The summed E-state index contributed by atoms with van der Waals surface area (Å²) in [6.07, 6.45) is 6.95. The number of amides is 3. The number of hydrogen-bond donors (Lipinski definition) is 3. The third kappa shape index (κ3) is 5.66. The quantitative estimate of drug-likeness (QED) is 0.572. The number of carbonyl (C=O) groups is 2. The fourth-order valence-electron chi connectivity index (χ4n) is 5.07. The third-order valence-electron chi connectivity index (χ3n) is 6.69. The van der Waals surface area contributed by atoms with Gasteiger partial charge in [0, 0.05) is 31.1 Å². The molecular formula is C23H34N4O3S. The highest BCUT2D eigenvalue weighted by atomic mass is 32.2. The van der Waals surface area contributed by atoms with Crippen LogP contribution in [-0.4, -0.2) is 60.2 Å². The third-order valence-corrected chi connectivity index (χ3v) is 7.95. The Bertz CT molecular complexity index is 771. The van der Waals surface area contributed by atoms with E-state index >= 15 is 0 Å². The molecular weight excluding hydrogens is 412 g/mol. The molecule has 1 saturated carbocycles. The number of nitrogens with zero attached hydrogens (tertiary/aromatic N) is 1. The lowest BCUT2D eigenvalue weighted by Gasteiger charge is -2.44. The zero-order chi connectivity index (χ0) is 21.6. The molecule has 1 aromatic carbocycles. The lowest BCUT2D eigenvalue weighted by atomic mass is 9.97. The number of fused-ring (bicyclic) bond motifs is 1. The number of piperidine rings is 1. The van der Waals surface area contributed by atoms with Gasteiger partial charge >= 0.3 is 6.03 Å². The molecule has 0 aromatic heterocycles. The fraction of sp³-hybridized carbons (Fsp3) is 0.652. The zero-order valence-corrected chi connectivity index (χ0v) is 19.1. The summed E-state index contributed by atoms with van der Waals surface area (Å²) in [6, 6.07) is 8.44. The molecule has 4 unspecified atom stereocenters. The molecule has 3 N–H and O–H groups in total. The van der Waals surface area contributed by atoms with Gasteiger partial charge in [0.15, 0.2) is 0 Å². The van der Waals surface area contributed by atoms with Crippen molar-refractivity contribution >= 4 is 23.7 Å². The van der Waals surface area contributed by atoms with Gasteiger partial charge in [0.05, 0.1) is 18.2 Å². The Morgan fingerprint density at radius 2 is 2.16 bits per heavy atom. The number of carbonyl (C=O) groups excluding carboxylic acids is 2. The Labute approximate surface area is 189 Å². The lowest BCUT2D eigenvalue weighted by Crippen LogP contribution is -2.62. The van der Waals surface area contributed by atoms with Crippen molar-refractivity contribution in [2.75, 3.05) is 26.0 Å². The molecule has 3 fully saturated rings. The van der Waals surface area contributed by atoms with Gasteiger partial charge in [0.1, 0.15) is 5.75 Å². The van der Waals surface area contributed by atoms with E-state index in [1.807, 2.05) is 24.3 Å². The predicted molar refractivity (Wildman–Crippen MR) is 123 cm³/mol. The van der Waals surface area contributed by atoms with Crippen LogP contribution < -0.4 is 20.7 Å². The van der Waals surface area contributed by atoms with Gasteiger partial charge < -0.3 is 25.6 Å². The monoisotopic (exact) mass is 446 g/mol. The molecule has 7 nitrogen and oxygen atoms in total. The minimum Gasteiger partial charge on any atom is -0.497 e. The topological polar surface area (TPSA) is 82.7 Å². The van der Waals surface area contributed by atoms with E-state index in [9.17, 15) is 9.59 Å². The summed E-state index contributed by atoms with van der Waals surface area (Å²) < 4.78 is 5.23. The van der Waals surface area contributed by atoms with Crippen molar-refractivity contribution in [3.8, 4) is 5.75 Å². The van der Waals surface area contributed by atoms with Crippen LogP contribution in [0.1, 0.15) is 44.1 Å². The maximum atomic E-state index is 12.9. The summed E-state index contributed by atoms with van der Waals surface area (Å²) in [4.78, 5) is 27.4. The second kappa shape index (κ2) is 10.6. The smallest absolute Gasteiger partial charge is 0.318 e. The number of hydrogen-bond acceptors (Lipinski definition) is 5. The first-order valence-electron chi connectivity index (χ1n) is 11.5. The summed E-state index contributed by atoms with van der Waals surface area (Å²) in [6.45, 7) is 2.32. The Hall–Kier alpha value is -1.93. The fourth-order valence-corrected chi connectivity index (χ4v) is 6.25. The molecule has 0 spiro atoms. The van der Waals surface area contributed by atoms with Crippen molar-refractivity contribution in [2.45, 2.75) is 62.5 Å². The molecule has 3 aliphatic rings. The Balaban J connectivity index is 1.27. The SMILES string of the molecule is COc1cccc(CNC(=O)CSC2NC(=O)N(CC3CCCCN3)C3CCCC23)c1. The van der Waals surface area contributed by atoms with Gasteiger partial charge in [-0.25, -0.2) is 4.79 Å². The largest absolute Gasteiger partial charge is 0.497 e. The molecule has 1 aromatic rings. The molecule has 4 atom stereocenters. The van der Waals surface area contributed by atoms with Crippen molar-refractivity contribution in [1.29, 1.82) is 0 Å². The van der Waals surface area contributed by atoms with E-state index in [4.69, 9.17) is 4.74 Å². The number of benzene rings is 1. The lowest BCUT2D eigenvalue weighted by molar-refractivity contribution is -0.118. The maximum absolute atomic E-state index is 12.9. The Kier molecular flexibility index (Phi) is 7.61. The summed E-state index contributed by atoms with van der Waals surface area (Å²) in [7, 11) is 1.63. The van der Waals surface area contributed by atoms with E-state index in [0.29, 0.717) is 30.3 Å². The molecule has 1 aliphatic carbocycles. The van der Waals surface area contributed by atoms with Crippen molar-refractivity contribution in [2.24, 2.45) is 5.92 Å². The molecule has 4 rings (SSSR count). The molecule has 3 amide bonds. The van der Waals surface area contributed by atoms with Crippen LogP contribution in [0.5, 0.6) is 5.75 Å². The number of thioether (sulfide) groups is 1. The standard InChI is InChI=1S/C23H34N4O3S/c1-30-18-8-4-6-16(12-18)13-25-21(28)15-31-22-19-9-5-10-20(19)27(23(29)26-22)14-17-7-2-3-11-24-17/h4,6,8,12,17,19-20,22,24H,2-3,5,7,9-11,13-15H2,1H3,(H,25,28)(H,26,29). The van der Waals surface area contributed by atoms with Crippen LogP contribution in [0.25, 0.3) is 0 Å². The predicted octanol–water partition coefficient (Wildman–Crippen LogP) is 2.71. The van der Waals surface area contributed by atoms with Gasteiger partial charge in [-0.15, -0.1) is 11.8 Å². The first-order chi connectivity index (χ1) is 15.1. The van der Waals surface area contributed by atoms with Crippen LogP contribution in [0.4, 0.5) is 4.79 Å². The van der Waals surface area contributed by atoms with Gasteiger partial charge in [-0.2, -0.15) is 0 Å². The zero-order valence-electron chi connectivity index (χ0n) is 18.3. The minimum absolute atomic E-state index is 0.00884. The Morgan fingerprint density at radius 1 is 1.26 bits per heavy atom. The molecule has 2 saturated heterocycles. The normalized spacial score (nSPS) is 28.0. The first-order valence-corrected chi connectivity index (χ1v) is 12.5. The van der Waals surface area contributed by atoms with E-state index < -0.39 is 0 Å². The molecule has 2 heterocycles. The highest BCUT2D eigenvalue weighted by molar-refractivity contribution is 8.00. The summed E-state index contributed by atoms with van der Waals surface area (Å²) in [5.41, 5.74) is 1.01. The van der Waals surface area contributed by atoms with Crippen molar-refractivity contribution in [3.63, 3.8) is 0 Å². The maximum Gasteiger partial charge on any atom is 0.318 e. The molecule has 170 valence electrons. The van der Waals surface area contributed by atoms with E-state index in [-0.39, 0.29) is 17.3 Å². The number of urea groups is 1. The average molecular weight is 447 g/mol. The summed E-state index contributed by atoms with van der Waals surface area (Å²) in [5.74, 6) is 1.54. The van der Waals surface area contributed by atoms with Crippen LogP contribution in [0.2, 0.25) is 0 Å². The van der Waals surface area contributed by atoms with Crippen molar-refractivity contribution < 1.29 is 14.3 Å². The van der Waals surface area contributed by atoms with Gasteiger partial charge in [0.2, 0.25) is 5.91 Å². The van der Waals surface area contributed by atoms with E-state index in [0.717, 1.165) is 50.1 Å². The van der Waals surface area contributed by atoms with Crippen molar-refractivity contribution in [1.82, 2.24) is 20.9 Å². The van der Waals surface area contributed by atoms with Crippen LogP contribution >= 0.6 is 11.8 Å². The number of nitrogens with one attached hydrogen (secondary N) is 3. The molecule has 0 bridgehead atoms. The summed E-state index contributed by atoms with van der Waals surface area (Å²) >= 11 is 1.57. The second-order valence-corrected chi connectivity index (χ2v) is 9.90. The molecule has 2 aliphatic heterocycles. The van der Waals surface area contributed by atoms with E-state index in [2.05, 4.69) is 20.9 Å². The number of rotatable bonds is 8.